The summed E-state index contributed by atoms with van der Waals surface area (Å²) >= 11 is 0. The highest BCUT2D eigenvalue weighted by Crippen LogP contribution is 2.21. The van der Waals surface area contributed by atoms with Crippen molar-refractivity contribution in [1.82, 2.24) is 5.17 Å². The summed E-state index contributed by atoms with van der Waals surface area (Å²) in [5.41, 5.74) is 1.04. The van der Waals surface area contributed by atoms with E-state index in [1.165, 1.54) is 19.8 Å². The largest absolute Gasteiger partial charge is 0.465 e. The van der Waals surface area contributed by atoms with Crippen molar-refractivity contribution in [3.05, 3.63) is 0 Å². The summed E-state index contributed by atoms with van der Waals surface area (Å²) in [4.78, 5) is 28.8. The second-order valence-electron chi connectivity index (χ2n) is 6.31. The van der Waals surface area contributed by atoms with Crippen LogP contribution in [0.3, 0.4) is 0 Å². The molecule has 1 amide bonds. The molecule has 24 heavy (non-hydrogen) atoms. The van der Waals surface area contributed by atoms with Gasteiger partial charge in [-0.2, -0.15) is 5.10 Å². The average Bonchev–Trinajstić information content (AvgIpc) is 2.55. The summed E-state index contributed by atoms with van der Waals surface area (Å²) in [6, 6.07) is 0. The quantitative estimate of drug-likeness (QED) is 0.421. The molecule has 1 rings (SSSR count). The van der Waals surface area contributed by atoms with Crippen LogP contribution in [0.1, 0.15) is 85.0 Å². The third kappa shape index (κ3) is 8.43. The summed E-state index contributed by atoms with van der Waals surface area (Å²) in [7, 11) is 0. The number of rotatable bonds is 11. The summed E-state index contributed by atoms with van der Waals surface area (Å²) in [6.07, 6.45) is 9.61. The van der Waals surface area contributed by atoms with Crippen LogP contribution in [0.4, 0.5) is 0 Å². The topological polar surface area (TPSA) is 68.2 Å². The lowest BCUT2D eigenvalue weighted by molar-refractivity contribution is -0.213. The van der Waals surface area contributed by atoms with E-state index in [1.54, 1.807) is 0 Å². The minimum absolute atomic E-state index is 0.0170. The first kappa shape index (κ1) is 20.6. The normalized spacial score (nSPS) is 17.5. The number of nitrogens with zero attached hydrogens (tertiary/aromatic N) is 2. The maximum atomic E-state index is 12.2. The second kappa shape index (κ2) is 12.0. The van der Waals surface area contributed by atoms with Gasteiger partial charge in [0.15, 0.2) is 0 Å². The summed E-state index contributed by atoms with van der Waals surface area (Å²) < 4.78 is 4.83. The number of unbranched alkanes of at least 4 members (excludes halogenated alkanes) is 4. The minimum Gasteiger partial charge on any atom is -0.465 e. The monoisotopic (exact) mass is 340 g/mol. The Morgan fingerprint density at radius 1 is 1.21 bits per heavy atom. The van der Waals surface area contributed by atoms with Gasteiger partial charge in [-0.3, -0.25) is 9.59 Å². The lowest BCUT2D eigenvalue weighted by atomic mass is 10.0. The lowest BCUT2D eigenvalue weighted by Crippen LogP contribution is -2.38. The fourth-order valence-corrected chi connectivity index (χ4v) is 2.63. The van der Waals surface area contributed by atoms with Crippen molar-refractivity contribution in [2.45, 2.75) is 91.1 Å². The lowest BCUT2D eigenvalue weighted by Gasteiger charge is -2.29. The Morgan fingerprint density at radius 2 is 1.92 bits per heavy atom. The smallest absolute Gasteiger partial charge is 0.302 e. The molecule has 0 aromatic heterocycles. The number of esters is 1. The second-order valence-corrected chi connectivity index (χ2v) is 6.31. The van der Waals surface area contributed by atoms with Crippen LogP contribution in [-0.2, 0) is 19.2 Å². The van der Waals surface area contributed by atoms with Crippen molar-refractivity contribution in [2.24, 2.45) is 5.10 Å². The molecular weight excluding hydrogens is 308 g/mol. The van der Waals surface area contributed by atoms with Crippen LogP contribution in [0.25, 0.3) is 0 Å². The van der Waals surface area contributed by atoms with Crippen LogP contribution >= 0.6 is 0 Å². The van der Waals surface area contributed by atoms with E-state index >= 15 is 0 Å². The number of ether oxygens (including phenoxy) is 1. The molecule has 0 aromatic rings. The zero-order valence-electron chi connectivity index (χ0n) is 15.4. The van der Waals surface area contributed by atoms with Gasteiger partial charge in [-0.05, 0) is 19.3 Å². The van der Waals surface area contributed by atoms with Crippen molar-refractivity contribution in [3.8, 4) is 0 Å². The van der Waals surface area contributed by atoms with Gasteiger partial charge in [0.2, 0.25) is 0 Å². The predicted octanol–water partition coefficient (Wildman–Crippen LogP) is 3.99. The summed E-state index contributed by atoms with van der Waals surface area (Å²) in [5, 5.41) is 5.50. The van der Waals surface area contributed by atoms with Crippen LogP contribution in [-0.4, -0.2) is 35.5 Å². The molecule has 138 valence electrons. The highest BCUT2D eigenvalue weighted by atomic mass is 16.7. The van der Waals surface area contributed by atoms with Crippen molar-refractivity contribution in [2.75, 3.05) is 6.61 Å². The van der Waals surface area contributed by atoms with Crippen molar-refractivity contribution >= 4 is 17.6 Å². The van der Waals surface area contributed by atoms with Crippen molar-refractivity contribution < 1.29 is 19.2 Å². The van der Waals surface area contributed by atoms with Gasteiger partial charge < -0.3 is 4.74 Å². The SMILES string of the molecule is CCCCCC1=NN(C(=O)CCOC(C)=O)OC(CCCCC)C1. The number of amides is 1. The maximum Gasteiger partial charge on any atom is 0.302 e. The Bertz CT molecular complexity index is 423. The summed E-state index contributed by atoms with van der Waals surface area (Å²) in [5.74, 6) is -0.645. The van der Waals surface area contributed by atoms with Crippen LogP contribution in [0.5, 0.6) is 0 Å². The van der Waals surface area contributed by atoms with E-state index in [9.17, 15) is 9.59 Å². The van der Waals surface area contributed by atoms with E-state index in [0.29, 0.717) is 0 Å². The Balaban J connectivity index is 2.58. The number of carbonyl (C=O) groups excluding carboxylic acids is 2. The fourth-order valence-electron chi connectivity index (χ4n) is 2.63. The Morgan fingerprint density at radius 3 is 2.58 bits per heavy atom. The molecule has 6 nitrogen and oxygen atoms in total. The minimum atomic E-state index is -0.386. The van der Waals surface area contributed by atoms with E-state index in [1.807, 2.05) is 0 Å². The van der Waals surface area contributed by atoms with Crippen LogP contribution in [0.2, 0.25) is 0 Å². The van der Waals surface area contributed by atoms with E-state index in [-0.39, 0.29) is 31.0 Å². The van der Waals surface area contributed by atoms with Gasteiger partial charge in [0.05, 0.1) is 12.5 Å². The highest BCUT2D eigenvalue weighted by Gasteiger charge is 2.26. The molecular formula is C18H32N2O4. The number of carbonyl (C=O) groups is 2. The van der Waals surface area contributed by atoms with Crippen LogP contribution in [0.15, 0.2) is 5.10 Å². The molecule has 0 aliphatic carbocycles. The first-order chi connectivity index (χ1) is 11.6. The molecule has 0 fully saturated rings. The molecule has 0 saturated heterocycles. The molecule has 0 N–H and O–H groups in total. The fraction of sp³-hybridized carbons (Fsp3) is 0.833. The van der Waals surface area contributed by atoms with Crippen LogP contribution in [0, 0.1) is 0 Å². The Kier molecular flexibility index (Phi) is 10.3. The first-order valence-corrected chi connectivity index (χ1v) is 9.26. The number of hydrogen-bond donors (Lipinski definition) is 0. The Hall–Kier alpha value is -1.43. The maximum absolute atomic E-state index is 12.2. The van der Waals surface area contributed by atoms with Gasteiger partial charge >= 0.3 is 5.97 Å². The van der Waals surface area contributed by atoms with E-state index < -0.39 is 0 Å². The molecule has 1 heterocycles. The molecule has 0 bridgehead atoms. The van der Waals surface area contributed by atoms with Crippen molar-refractivity contribution in [1.29, 1.82) is 0 Å². The van der Waals surface area contributed by atoms with Gasteiger partial charge in [0.25, 0.3) is 5.91 Å². The van der Waals surface area contributed by atoms with Gasteiger partial charge in [-0.25, -0.2) is 4.84 Å². The zero-order valence-corrected chi connectivity index (χ0v) is 15.4. The van der Waals surface area contributed by atoms with Gasteiger partial charge in [0.1, 0.15) is 6.61 Å². The predicted molar refractivity (Wildman–Crippen MR) is 93.3 cm³/mol. The molecule has 1 aliphatic rings. The highest BCUT2D eigenvalue weighted by molar-refractivity contribution is 5.87. The third-order valence-corrected chi connectivity index (χ3v) is 3.98. The van der Waals surface area contributed by atoms with Gasteiger partial charge in [-0.1, -0.05) is 46.0 Å². The molecule has 0 radical (unpaired) electrons. The zero-order chi connectivity index (χ0) is 17.8. The summed E-state index contributed by atoms with van der Waals surface area (Å²) in [6.45, 7) is 5.74. The number of hydrogen-bond acceptors (Lipinski definition) is 5. The molecule has 0 spiro atoms. The first-order valence-electron chi connectivity index (χ1n) is 9.26. The van der Waals surface area contributed by atoms with Crippen molar-refractivity contribution in [3.63, 3.8) is 0 Å². The van der Waals surface area contributed by atoms with Crippen LogP contribution < -0.4 is 0 Å². The van der Waals surface area contributed by atoms with Gasteiger partial charge in [0, 0.05) is 19.1 Å². The van der Waals surface area contributed by atoms with Gasteiger partial charge in [-0.15, -0.1) is 5.17 Å². The Labute approximate surface area is 145 Å². The standard InChI is InChI=1S/C18H32N2O4/c1-4-6-8-10-16-14-17(11-9-7-5-2)24-20(19-16)18(22)12-13-23-15(3)21/h17H,4-14H2,1-3H3. The number of hydroxylamine groups is 1. The molecule has 6 heteroatoms. The molecule has 0 saturated carbocycles. The van der Waals surface area contributed by atoms with E-state index in [0.717, 1.165) is 55.8 Å². The average molecular weight is 340 g/mol. The molecule has 1 atom stereocenters. The molecule has 1 unspecified atom stereocenters. The van der Waals surface area contributed by atoms with E-state index in [2.05, 4.69) is 18.9 Å². The number of hydrazone groups is 1. The van der Waals surface area contributed by atoms with E-state index in [4.69, 9.17) is 9.57 Å². The third-order valence-electron chi connectivity index (χ3n) is 3.98. The molecule has 0 aromatic carbocycles. The molecule has 1 aliphatic heterocycles.